The summed E-state index contributed by atoms with van der Waals surface area (Å²) in [6, 6.07) is 17.6. The third kappa shape index (κ3) is 7.08. The van der Waals surface area contributed by atoms with Crippen LogP contribution in [0.1, 0.15) is 45.7 Å². The van der Waals surface area contributed by atoms with Crippen LogP contribution in [0.15, 0.2) is 84.9 Å². The molecule has 0 saturated carbocycles. The number of benzene rings is 4. The second-order valence-corrected chi connectivity index (χ2v) is 9.96. The molecule has 4 rings (SSSR count). The average molecular weight is 616 g/mol. The van der Waals surface area contributed by atoms with Gasteiger partial charge in [-0.15, -0.1) is 0 Å². The lowest BCUT2D eigenvalue weighted by atomic mass is 9.78. The predicted molar refractivity (Wildman–Crippen MR) is 154 cm³/mol. The van der Waals surface area contributed by atoms with Gasteiger partial charge in [0.15, 0.2) is 0 Å². The van der Waals surface area contributed by atoms with Gasteiger partial charge in [0.05, 0.1) is 43.0 Å². The van der Waals surface area contributed by atoms with Gasteiger partial charge in [-0.25, -0.2) is 9.59 Å². The molecule has 16 nitrogen and oxygen atoms in total. The maximum atomic E-state index is 12.6. The van der Waals surface area contributed by atoms with E-state index < -0.39 is 59.8 Å². The molecule has 0 unspecified atom stereocenters. The third-order valence-electron chi connectivity index (χ3n) is 6.69. The molecule has 0 aliphatic carbocycles. The Balaban J connectivity index is 1.48. The Bertz CT molecular complexity index is 1670. The molecule has 0 bridgehead atoms. The minimum Gasteiger partial charge on any atom is -0.423 e. The Labute approximate surface area is 252 Å². The summed E-state index contributed by atoms with van der Waals surface area (Å²) in [5.74, 6) is -1.90. The molecule has 0 amide bonds. The molecule has 0 atom stereocenters. The molecule has 45 heavy (non-hydrogen) atoms. The molecule has 0 saturated heterocycles. The largest absolute Gasteiger partial charge is 0.423 e. The first kappa shape index (κ1) is 31.4. The zero-order valence-corrected chi connectivity index (χ0v) is 23.3. The van der Waals surface area contributed by atoms with E-state index in [0.717, 1.165) is 47.5 Å². The van der Waals surface area contributed by atoms with E-state index in [-0.39, 0.29) is 22.6 Å². The standard InChI is InChI=1S/C29H20N4O12/c1-29(2,19-3-7-25(8-4-19)44-27(34)17-11-21(30(36)37)15-22(12-17)31(38)39)20-5-9-26(10-6-20)45-28(35)18-13-23(32(40)41)16-24(14-18)33(42)43/h3-16H,1-2H3. The zero-order chi connectivity index (χ0) is 33.1. The molecule has 4 aromatic rings. The number of non-ortho nitro benzene ring substituents is 4. The fraction of sp³-hybridized carbons (Fsp3) is 0.103. The van der Waals surface area contributed by atoms with Gasteiger partial charge in [0.25, 0.3) is 22.7 Å². The van der Waals surface area contributed by atoms with Crippen LogP contribution in [0.2, 0.25) is 0 Å². The second kappa shape index (κ2) is 12.3. The molecular formula is C29H20N4O12. The number of nitrogens with zero attached hydrogens (tertiary/aromatic N) is 4. The first-order valence-corrected chi connectivity index (χ1v) is 12.7. The van der Waals surface area contributed by atoms with Crippen molar-refractivity contribution in [3.8, 4) is 11.5 Å². The molecule has 228 valence electrons. The van der Waals surface area contributed by atoms with Crippen molar-refractivity contribution in [3.63, 3.8) is 0 Å². The number of carbonyl (C=O) groups is 2. The van der Waals surface area contributed by atoms with Crippen molar-refractivity contribution in [3.05, 3.63) is 148 Å². The molecule has 0 aliphatic heterocycles. The summed E-state index contributed by atoms with van der Waals surface area (Å²) in [4.78, 5) is 66.2. The summed E-state index contributed by atoms with van der Waals surface area (Å²) < 4.78 is 10.5. The number of rotatable bonds is 10. The van der Waals surface area contributed by atoms with E-state index in [1.54, 1.807) is 24.3 Å². The van der Waals surface area contributed by atoms with Gasteiger partial charge in [-0.1, -0.05) is 38.1 Å². The SMILES string of the molecule is CC(C)(c1ccc(OC(=O)c2cc([N+](=O)[O-])cc([N+](=O)[O-])c2)cc1)c1ccc(OC(=O)c2cc([N+](=O)[O-])cc([N+](=O)[O-])c2)cc1. The number of nitro benzene ring substituents is 4. The first-order valence-electron chi connectivity index (χ1n) is 12.7. The molecule has 16 heteroatoms. The molecule has 0 aliphatic rings. The number of ether oxygens (including phenoxy) is 2. The van der Waals surface area contributed by atoms with Gasteiger partial charge in [-0.05, 0) is 35.4 Å². The van der Waals surface area contributed by atoms with Gasteiger partial charge in [0.1, 0.15) is 11.5 Å². The normalized spacial score (nSPS) is 10.9. The minimum absolute atomic E-state index is 0.0809. The highest BCUT2D eigenvalue weighted by Gasteiger charge is 2.25. The Hall–Kier alpha value is -6.58. The monoisotopic (exact) mass is 616 g/mol. The summed E-state index contributed by atoms with van der Waals surface area (Å²) >= 11 is 0. The topological polar surface area (TPSA) is 225 Å². The Morgan fingerprint density at radius 3 is 1.02 bits per heavy atom. The molecule has 0 spiro atoms. The van der Waals surface area contributed by atoms with Crippen LogP contribution >= 0.6 is 0 Å². The summed E-state index contributed by atoms with van der Waals surface area (Å²) in [5.41, 5.74) is -2.39. The van der Waals surface area contributed by atoms with Crippen molar-refractivity contribution in [2.45, 2.75) is 19.3 Å². The van der Waals surface area contributed by atoms with Gasteiger partial charge in [-0.3, -0.25) is 40.5 Å². The second-order valence-electron chi connectivity index (χ2n) is 9.96. The lowest BCUT2D eigenvalue weighted by Crippen LogP contribution is -2.19. The first-order chi connectivity index (χ1) is 21.1. The smallest absolute Gasteiger partial charge is 0.344 e. The predicted octanol–water partition coefficient (Wildman–Crippen LogP) is 6.08. The summed E-state index contributed by atoms with van der Waals surface area (Å²) in [6.45, 7) is 3.78. The van der Waals surface area contributed by atoms with E-state index in [4.69, 9.17) is 9.47 Å². The van der Waals surface area contributed by atoms with E-state index in [0.29, 0.717) is 0 Å². The van der Waals surface area contributed by atoms with Crippen LogP contribution < -0.4 is 9.47 Å². The van der Waals surface area contributed by atoms with Gasteiger partial charge in [0.2, 0.25) is 0 Å². The quantitative estimate of drug-likeness (QED) is 0.0854. The van der Waals surface area contributed by atoms with Crippen molar-refractivity contribution in [2.24, 2.45) is 0 Å². The number of hydrogen-bond acceptors (Lipinski definition) is 12. The van der Waals surface area contributed by atoms with Crippen molar-refractivity contribution in [1.29, 1.82) is 0 Å². The van der Waals surface area contributed by atoms with Crippen LogP contribution in [0, 0.1) is 40.5 Å². The maximum absolute atomic E-state index is 12.6. The molecule has 0 N–H and O–H groups in total. The average Bonchev–Trinajstić information content (AvgIpc) is 3.01. The molecule has 0 fully saturated rings. The third-order valence-corrected chi connectivity index (χ3v) is 6.69. The fourth-order valence-corrected chi connectivity index (χ4v) is 4.23. The van der Waals surface area contributed by atoms with Crippen LogP contribution in [0.25, 0.3) is 0 Å². The van der Waals surface area contributed by atoms with Crippen LogP contribution in [0.3, 0.4) is 0 Å². The van der Waals surface area contributed by atoms with Crippen LogP contribution in [0.4, 0.5) is 22.7 Å². The van der Waals surface area contributed by atoms with E-state index in [1.165, 1.54) is 24.3 Å². The highest BCUT2D eigenvalue weighted by molar-refractivity contribution is 5.93. The van der Waals surface area contributed by atoms with Crippen LogP contribution in [-0.2, 0) is 5.41 Å². The Morgan fingerprint density at radius 1 is 0.511 bits per heavy atom. The lowest BCUT2D eigenvalue weighted by Gasteiger charge is -2.26. The van der Waals surface area contributed by atoms with Gasteiger partial charge < -0.3 is 9.47 Å². The fourth-order valence-electron chi connectivity index (χ4n) is 4.23. The van der Waals surface area contributed by atoms with E-state index in [1.807, 2.05) is 13.8 Å². The number of hydrogen-bond donors (Lipinski definition) is 0. The van der Waals surface area contributed by atoms with Gasteiger partial charge in [0, 0.05) is 29.7 Å². The molecule has 0 radical (unpaired) electrons. The summed E-state index contributed by atoms with van der Waals surface area (Å²) in [5, 5.41) is 44.5. The lowest BCUT2D eigenvalue weighted by molar-refractivity contribution is -0.394. The van der Waals surface area contributed by atoms with Crippen LogP contribution in [0.5, 0.6) is 11.5 Å². The zero-order valence-electron chi connectivity index (χ0n) is 23.3. The molecule has 0 aromatic heterocycles. The number of esters is 2. The van der Waals surface area contributed by atoms with Crippen molar-refractivity contribution in [2.75, 3.05) is 0 Å². The maximum Gasteiger partial charge on any atom is 0.344 e. The van der Waals surface area contributed by atoms with E-state index in [9.17, 15) is 50.0 Å². The molecule has 4 aromatic carbocycles. The highest BCUT2D eigenvalue weighted by atomic mass is 16.6. The summed E-state index contributed by atoms with van der Waals surface area (Å²) in [7, 11) is 0. The van der Waals surface area contributed by atoms with Crippen molar-refractivity contribution in [1.82, 2.24) is 0 Å². The van der Waals surface area contributed by atoms with Crippen molar-refractivity contribution >= 4 is 34.7 Å². The number of carbonyl (C=O) groups excluding carboxylic acids is 2. The van der Waals surface area contributed by atoms with Gasteiger partial charge in [-0.2, -0.15) is 0 Å². The Morgan fingerprint density at radius 2 is 0.778 bits per heavy atom. The minimum atomic E-state index is -1.03. The summed E-state index contributed by atoms with van der Waals surface area (Å²) in [6.07, 6.45) is 0. The highest BCUT2D eigenvalue weighted by Crippen LogP contribution is 2.34. The number of nitro groups is 4. The van der Waals surface area contributed by atoms with E-state index >= 15 is 0 Å². The Kier molecular flexibility index (Phi) is 8.60. The molecular weight excluding hydrogens is 596 g/mol. The van der Waals surface area contributed by atoms with Crippen molar-refractivity contribution < 1.29 is 38.8 Å². The van der Waals surface area contributed by atoms with Crippen LogP contribution in [-0.4, -0.2) is 31.6 Å². The van der Waals surface area contributed by atoms with Gasteiger partial charge >= 0.3 is 11.9 Å². The molecule has 0 heterocycles. The van der Waals surface area contributed by atoms with E-state index in [2.05, 4.69) is 0 Å².